The summed E-state index contributed by atoms with van der Waals surface area (Å²) >= 11 is 6.06. The second-order valence-electron chi connectivity index (χ2n) is 4.68. The Kier molecular flexibility index (Phi) is 3.87. The molecule has 0 amide bonds. The van der Waals surface area contributed by atoms with Gasteiger partial charge in [-0.1, -0.05) is 25.4 Å². The first-order valence-corrected chi connectivity index (χ1v) is 6.37. The molecule has 0 saturated carbocycles. The van der Waals surface area contributed by atoms with Crippen molar-refractivity contribution in [3.63, 3.8) is 0 Å². The molecule has 1 aromatic carbocycles. The first kappa shape index (κ1) is 12.9. The number of aromatic nitrogens is 3. The molecule has 0 aliphatic rings. The summed E-state index contributed by atoms with van der Waals surface area (Å²) in [6, 6.07) is 6.05. The number of hydrogen-bond acceptors (Lipinski definition) is 3. The Morgan fingerprint density at radius 1 is 1.28 bits per heavy atom. The fraction of sp³-hybridized carbons (Fsp3) is 0.385. The van der Waals surface area contributed by atoms with Gasteiger partial charge in [-0.25, -0.2) is 9.67 Å². The second kappa shape index (κ2) is 5.40. The average molecular weight is 265 g/mol. The topological polar surface area (TPSA) is 42.7 Å². The van der Waals surface area contributed by atoms with Gasteiger partial charge in [-0.3, -0.25) is 0 Å². The minimum atomic E-state index is 0.353. The predicted molar refractivity (Wildman–Crippen MR) is 74.3 cm³/mol. The van der Waals surface area contributed by atoms with Gasteiger partial charge >= 0.3 is 0 Å². The van der Waals surface area contributed by atoms with Gasteiger partial charge in [-0.2, -0.15) is 5.10 Å². The fourth-order valence-electron chi connectivity index (χ4n) is 1.57. The highest BCUT2D eigenvalue weighted by molar-refractivity contribution is 6.31. The highest BCUT2D eigenvalue weighted by Gasteiger charge is 2.11. The summed E-state index contributed by atoms with van der Waals surface area (Å²) in [5.41, 5.74) is 1.92. The molecule has 0 spiro atoms. The quantitative estimate of drug-likeness (QED) is 0.921. The summed E-state index contributed by atoms with van der Waals surface area (Å²) in [7, 11) is 0. The van der Waals surface area contributed by atoms with Gasteiger partial charge in [-0.05, 0) is 31.0 Å². The normalized spacial score (nSPS) is 12.7. The lowest BCUT2D eigenvalue weighted by molar-refractivity contribution is 0.559. The van der Waals surface area contributed by atoms with Gasteiger partial charge in [0.15, 0.2) is 0 Å². The van der Waals surface area contributed by atoms with E-state index in [0.29, 0.717) is 17.0 Å². The van der Waals surface area contributed by atoms with Gasteiger partial charge in [0, 0.05) is 11.1 Å². The molecule has 5 heteroatoms. The predicted octanol–water partition coefficient (Wildman–Crippen LogP) is 3.38. The van der Waals surface area contributed by atoms with Crippen LogP contribution < -0.4 is 5.32 Å². The van der Waals surface area contributed by atoms with Crippen molar-refractivity contribution >= 4 is 17.3 Å². The Balaban J connectivity index is 2.35. The van der Waals surface area contributed by atoms with Crippen LogP contribution in [0.15, 0.2) is 30.9 Å². The van der Waals surface area contributed by atoms with Gasteiger partial charge in [0.05, 0.1) is 11.4 Å². The number of anilines is 1. The Labute approximate surface area is 112 Å². The molecule has 96 valence electrons. The molecule has 2 rings (SSSR count). The zero-order valence-corrected chi connectivity index (χ0v) is 11.5. The Bertz CT molecular complexity index is 508. The number of halogens is 1. The van der Waals surface area contributed by atoms with Crippen molar-refractivity contribution in [1.82, 2.24) is 14.8 Å². The number of nitrogens with one attached hydrogen (secondary N) is 1. The van der Waals surface area contributed by atoms with E-state index in [0.717, 1.165) is 11.4 Å². The van der Waals surface area contributed by atoms with Crippen molar-refractivity contribution < 1.29 is 0 Å². The van der Waals surface area contributed by atoms with Crippen LogP contribution in [0.3, 0.4) is 0 Å². The third kappa shape index (κ3) is 2.82. The maximum absolute atomic E-state index is 6.06. The van der Waals surface area contributed by atoms with Gasteiger partial charge < -0.3 is 5.32 Å². The summed E-state index contributed by atoms with van der Waals surface area (Å²) in [6.45, 7) is 6.51. The SMILES string of the molecule is CC(C)C(C)Nc1cc(Cl)ccc1-n1cncn1. The lowest BCUT2D eigenvalue weighted by atomic mass is 10.1. The van der Waals surface area contributed by atoms with E-state index in [2.05, 4.69) is 36.2 Å². The second-order valence-corrected chi connectivity index (χ2v) is 5.11. The Morgan fingerprint density at radius 3 is 2.67 bits per heavy atom. The fourth-order valence-corrected chi connectivity index (χ4v) is 1.74. The van der Waals surface area contributed by atoms with E-state index < -0.39 is 0 Å². The molecule has 18 heavy (non-hydrogen) atoms. The molecular weight excluding hydrogens is 248 g/mol. The van der Waals surface area contributed by atoms with E-state index in [4.69, 9.17) is 11.6 Å². The van der Waals surface area contributed by atoms with Crippen molar-refractivity contribution in [2.24, 2.45) is 5.92 Å². The van der Waals surface area contributed by atoms with Crippen molar-refractivity contribution in [1.29, 1.82) is 0 Å². The zero-order valence-electron chi connectivity index (χ0n) is 10.8. The molecule has 0 aliphatic heterocycles. The third-order valence-corrected chi connectivity index (χ3v) is 3.24. The highest BCUT2D eigenvalue weighted by Crippen LogP contribution is 2.25. The standard InChI is InChI=1S/C13H17ClN4/c1-9(2)10(3)17-12-6-11(14)4-5-13(12)18-8-15-7-16-18/h4-10,17H,1-3H3. The average Bonchev–Trinajstić information content (AvgIpc) is 2.82. The molecular formula is C13H17ClN4. The van der Waals surface area contributed by atoms with Gasteiger partial charge in [0.1, 0.15) is 12.7 Å². The van der Waals surface area contributed by atoms with Crippen LogP contribution in [-0.2, 0) is 0 Å². The summed E-state index contributed by atoms with van der Waals surface area (Å²) in [5, 5.41) is 8.32. The number of rotatable bonds is 4. The number of hydrogen-bond donors (Lipinski definition) is 1. The lowest BCUT2D eigenvalue weighted by Gasteiger charge is -2.21. The van der Waals surface area contributed by atoms with E-state index in [9.17, 15) is 0 Å². The molecule has 1 heterocycles. The summed E-state index contributed by atoms with van der Waals surface area (Å²) in [4.78, 5) is 3.97. The molecule has 4 nitrogen and oxygen atoms in total. The van der Waals surface area contributed by atoms with E-state index in [-0.39, 0.29) is 0 Å². The largest absolute Gasteiger partial charge is 0.381 e. The van der Waals surface area contributed by atoms with E-state index in [1.807, 2.05) is 18.2 Å². The van der Waals surface area contributed by atoms with Crippen molar-refractivity contribution in [2.45, 2.75) is 26.8 Å². The van der Waals surface area contributed by atoms with Crippen molar-refractivity contribution in [3.05, 3.63) is 35.9 Å². The molecule has 0 radical (unpaired) electrons. The molecule has 1 aromatic heterocycles. The van der Waals surface area contributed by atoms with E-state index in [1.165, 1.54) is 6.33 Å². The molecule has 0 saturated heterocycles. The number of benzene rings is 1. The maximum Gasteiger partial charge on any atom is 0.138 e. The Hall–Kier alpha value is -1.55. The molecule has 0 bridgehead atoms. The molecule has 1 unspecified atom stereocenters. The van der Waals surface area contributed by atoms with Crippen LogP contribution in [0.25, 0.3) is 5.69 Å². The highest BCUT2D eigenvalue weighted by atomic mass is 35.5. The summed E-state index contributed by atoms with van der Waals surface area (Å²) in [6.07, 6.45) is 3.19. The monoisotopic (exact) mass is 264 g/mol. The zero-order chi connectivity index (χ0) is 13.1. The van der Waals surface area contributed by atoms with Crippen LogP contribution in [0.5, 0.6) is 0 Å². The molecule has 1 N–H and O–H groups in total. The lowest BCUT2D eigenvalue weighted by Crippen LogP contribution is -2.22. The molecule has 1 atom stereocenters. The van der Waals surface area contributed by atoms with Crippen LogP contribution in [0.2, 0.25) is 5.02 Å². The van der Waals surface area contributed by atoms with E-state index in [1.54, 1.807) is 11.0 Å². The molecule has 2 aromatic rings. The van der Waals surface area contributed by atoms with Gasteiger partial charge in [-0.15, -0.1) is 0 Å². The van der Waals surface area contributed by atoms with Crippen molar-refractivity contribution in [2.75, 3.05) is 5.32 Å². The maximum atomic E-state index is 6.06. The van der Waals surface area contributed by atoms with Gasteiger partial charge in [0.2, 0.25) is 0 Å². The van der Waals surface area contributed by atoms with Crippen LogP contribution in [-0.4, -0.2) is 20.8 Å². The van der Waals surface area contributed by atoms with Crippen LogP contribution >= 0.6 is 11.6 Å². The van der Waals surface area contributed by atoms with Crippen molar-refractivity contribution in [3.8, 4) is 5.69 Å². The van der Waals surface area contributed by atoms with Crippen LogP contribution in [0.1, 0.15) is 20.8 Å². The molecule has 0 fully saturated rings. The van der Waals surface area contributed by atoms with Crippen LogP contribution in [0, 0.1) is 5.92 Å². The van der Waals surface area contributed by atoms with Gasteiger partial charge in [0.25, 0.3) is 0 Å². The minimum absolute atomic E-state index is 0.353. The summed E-state index contributed by atoms with van der Waals surface area (Å²) in [5.74, 6) is 0.535. The molecule has 0 aliphatic carbocycles. The first-order chi connectivity index (χ1) is 8.58. The number of nitrogens with zero attached hydrogens (tertiary/aromatic N) is 3. The Morgan fingerprint density at radius 2 is 2.06 bits per heavy atom. The smallest absolute Gasteiger partial charge is 0.138 e. The first-order valence-electron chi connectivity index (χ1n) is 5.99. The minimum Gasteiger partial charge on any atom is -0.381 e. The van der Waals surface area contributed by atoms with Crippen LogP contribution in [0.4, 0.5) is 5.69 Å². The summed E-state index contributed by atoms with van der Waals surface area (Å²) < 4.78 is 1.73. The van der Waals surface area contributed by atoms with E-state index >= 15 is 0 Å². The third-order valence-electron chi connectivity index (χ3n) is 3.01.